The number of hydrogen-bond acceptors (Lipinski definition) is 4. The van der Waals surface area contributed by atoms with Gasteiger partial charge in [-0.15, -0.1) is 11.3 Å². The van der Waals surface area contributed by atoms with E-state index in [9.17, 15) is 4.79 Å². The van der Waals surface area contributed by atoms with Gasteiger partial charge in [-0.2, -0.15) is 12.6 Å². The van der Waals surface area contributed by atoms with Gasteiger partial charge in [0.15, 0.2) is 0 Å². The molecule has 1 heterocycles. The summed E-state index contributed by atoms with van der Waals surface area (Å²) in [7, 11) is 0. The lowest BCUT2D eigenvalue weighted by molar-refractivity contribution is 0.0927. The van der Waals surface area contributed by atoms with E-state index in [2.05, 4.69) is 30.9 Å². The van der Waals surface area contributed by atoms with Crippen LogP contribution in [0.25, 0.3) is 0 Å². The molecule has 0 saturated heterocycles. The maximum absolute atomic E-state index is 11.9. The number of amides is 1. The van der Waals surface area contributed by atoms with Gasteiger partial charge in [0, 0.05) is 11.4 Å². The molecule has 0 radical (unpaired) electrons. The van der Waals surface area contributed by atoms with Crippen LogP contribution in [0.1, 0.15) is 82.1 Å². The minimum Gasteiger partial charge on any atom is -0.441 e. The van der Waals surface area contributed by atoms with Gasteiger partial charge < -0.3 is 10.1 Å². The van der Waals surface area contributed by atoms with Crippen LogP contribution in [0.4, 0.5) is 4.79 Å². The highest BCUT2D eigenvalue weighted by molar-refractivity contribution is 7.80. The van der Waals surface area contributed by atoms with Crippen molar-refractivity contribution in [2.24, 2.45) is 0 Å². The highest BCUT2D eigenvalue weighted by Gasteiger charge is 2.17. The first kappa shape index (κ1) is 21.4. The van der Waals surface area contributed by atoms with Crippen LogP contribution in [0.15, 0.2) is 17.5 Å². The van der Waals surface area contributed by atoms with Crippen LogP contribution < -0.4 is 5.32 Å². The fourth-order valence-electron chi connectivity index (χ4n) is 2.64. The van der Waals surface area contributed by atoms with Gasteiger partial charge in [-0.05, 0) is 36.5 Å². The first-order valence-corrected chi connectivity index (χ1v) is 10.9. The lowest BCUT2D eigenvalue weighted by Gasteiger charge is -2.17. The molecule has 1 N–H and O–H groups in total. The van der Waals surface area contributed by atoms with Crippen molar-refractivity contribution in [3.63, 3.8) is 0 Å². The van der Waals surface area contributed by atoms with E-state index < -0.39 is 0 Å². The monoisotopic (exact) mass is 371 g/mol. The summed E-state index contributed by atoms with van der Waals surface area (Å²) in [5.41, 5.74) is 0. The second kappa shape index (κ2) is 14.6. The molecule has 0 saturated carbocycles. The maximum atomic E-state index is 11.9. The molecule has 1 aromatic rings. The van der Waals surface area contributed by atoms with Crippen LogP contribution in [0.3, 0.4) is 0 Å². The Morgan fingerprint density at radius 2 is 1.88 bits per heavy atom. The number of alkyl carbamates (subject to hydrolysis) is 1. The predicted molar refractivity (Wildman–Crippen MR) is 107 cm³/mol. The molecule has 3 nitrogen and oxygen atoms in total. The minimum atomic E-state index is -0.310. The lowest BCUT2D eigenvalue weighted by Crippen LogP contribution is -2.27. The summed E-state index contributed by atoms with van der Waals surface area (Å²) < 4.78 is 5.64. The summed E-state index contributed by atoms with van der Waals surface area (Å²) in [6.07, 6.45) is 11.7. The standard InChI is InChI=1S/C19H33NO2S2/c1-2-3-4-5-6-7-8-9-12-17(18-13-10-16-24-18)22-19(21)20-14-11-15-23/h10,13,16-17,23H,2-9,11-12,14-15H2,1H3,(H,20,21). The first-order valence-electron chi connectivity index (χ1n) is 9.36. The van der Waals surface area contributed by atoms with E-state index >= 15 is 0 Å². The normalized spacial score (nSPS) is 12.1. The quantitative estimate of drug-likeness (QED) is 0.295. The Hall–Kier alpha value is -0.680. The van der Waals surface area contributed by atoms with Crippen molar-refractivity contribution in [1.82, 2.24) is 5.32 Å². The Kier molecular flexibility index (Phi) is 13.0. The Bertz CT molecular complexity index is 410. The average Bonchev–Trinajstić information content (AvgIpc) is 3.11. The van der Waals surface area contributed by atoms with Gasteiger partial charge >= 0.3 is 6.09 Å². The summed E-state index contributed by atoms with van der Waals surface area (Å²) >= 11 is 5.81. The number of nitrogens with one attached hydrogen (secondary N) is 1. The van der Waals surface area contributed by atoms with Crippen LogP contribution in [-0.2, 0) is 4.74 Å². The Morgan fingerprint density at radius 1 is 1.17 bits per heavy atom. The Balaban J connectivity index is 2.24. The molecule has 0 fully saturated rings. The van der Waals surface area contributed by atoms with Gasteiger partial charge in [-0.25, -0.2) is 4.79 Å². The van der Waals surface area contributed by atoms with E-state index in [0.717, 1.165) is 29.9 Å². The number of rotatable bonds is 14. The molecule has 1 unspecified atom stereocenters. The van der Waals surface area contributed by atoms with E-state index in [1.165, 1.54) is 44.9 Å². The predicted octanol–water partition coefficient (Wildman–Crippen LogP) is 6.37. The Morgan fingerprint density at radius 3 is 2.50 bits per heavy atom. The molecule has 0 aliphatic rings. The Labute approximate surface area is 157 Å². The van der Waals surface area contributed by atoms with Gasteiger partial charge in [0.25, 0.3) is 0 Å². The molecule has 5 heteroatoms. The molecular formula is C19H33NO2S2. The van der Waals surface area contributed by atoms with Crippen molar-refractivity contribution in [1.29, 1.82) is 0 Å². The van der Waals surface area contributed by atoms with Gasteiger partial charge in [0.05, 0.1) is 0 Å². The summed E-state index contributed by atoms with van der Waals surface area (Å²) in [6.45, 7) is 2.87. The summed E-state index contributed by atoms with van der Waals surface area (Å²) in [5, 5.41) is 4.84. The van der Waals surface area contributed by atoms with Gasteiger partial charge in [0.1, 0.15) is 6.10 Å². The third-order valence-electron chi connectivity index (χ3n) is 4.03. The largest absolute Gasteiger partial charge is 0.441 e. The molecular weight excluding hydrogens is 338 g/mol. The number of carbonyl (C=O) groups excluding carboxylic acids is 1. The smallest absolute Gasteiger partial charge is 0.407 e. The fraction of sp³-hybridized carbons (Fsp3) is 0.737. The molecule has 0 aromatic carbocycles. The van der Waals surface area contributed by atoms with E-state index in [1.807, 2.05) is 11.4 Å². The topological polar surface area (TPSA) is 38.3 Å². The van der Waals surface area contributed by atoms with E-state index in [0.29, 0.717) is 6.54 Å². The number of unbranched alkanes of at least 4 members (excludes halogenated alkanes) is 7. The molecule has 1 amide bonds. The van der Waals surface area contributed by atoms with Crippen molar-refractivity contribution in [3.05, 3.63) is 22.4 Å². The van der Waals surface area contributed by atoms with Crippen LogP contribution in [0.2, 0.25) is 0 Å². The van der Waals surface area contributed by atoms with Crippen LogP contribution >= 0.6 is 24.0 Å². The average molecular weight is 372 g/mol. The van der Waals surface area contributed by atoms with Crippen molar-refractivity contribution in [2.75, 3.05) is 12.3 Å². The molecule has 1 atom stereocenters. The van der Waals surface area contributed by atoms with Crippen molar-refractivity contribution < 1.29 is 9.53 Å². The number of thiophene rings is 1. The molecule has 0 bridgehead atoms. The third kappa shape index (κ3) is 10.2. The van der Waals surface area contributed by atoms with Crippen LogP contribution in [0, 0.1) is 0 Å². The number of ether oxygens (including phenoxy) is 1. The first-order chi connectivity index (χ1) is 11.8. The van der Waals surface area contributed by atoms with E-state index in [-0.39, 0.29) is 12.2 Å². The molecule has 0 aliphatic carbocycles. The van der Waals surface area contributed by atoms with Crippen molar-refractivity contribution >= 4 is 30.1 Å². The van der Waals surface area contributed by atoms with E-state index in [4.69, 9.17) is 4.74 Å². The summed E-state index contributed by atoms with van der Waals surface area (Å²) in [6, 6.07) is 4.07. The van der Waals surface area contributed by atoms with Gasteiger partial charge in [-0.3, -0.25) is 0 Å². The zero-order valence-electron chi connectivity index (χ0n) is 15.0. The highest BCUT2D eigenvalue weighted by atomic mass is 32.1. The molecule has 138 valence electrons. The molecule has 1 aromatic heterocycles. The highest BCUT2D eigenvalue weighted by Crippen LogP contribution is 2.28. The zero-order valence-corrected chi connectivity index (χ0v) is 16.7. The maximum Gasteiger partial charge on any atom is 0.407 e. The summed E-state index contributed by atoms with van der Waals surface area (Å²) in [5.74, 6) is 0.771. The second-order valence-electron chi connectivity index (χ2n) is 6.18. The molecule has 24 heavy (non-hydrogen) atoms. The minimum absolute atomic E-state index is 0.110. The SMILES string of the molecule is CCCCCCCCCCC(OC(=O)NCCCS)c1cccs1. The second-order valence-corrected chi connectivity index (χ2v) is 7.60. The van der Waals surface area contributed by atoms with Gasteiger partial charge in [-0.1, -0.05) is 57.9 Å². The molecule has 1 rings (SSSR count). The third-order valence-corrected chi connectivity index (χ3v) is 5.31. The molecule has 0 aliphatic heterocycles. The molecule has 0 spiro atoms. The number of hydrogen-bond donors (Lipinski definition) is 2. The van der Waals surface area contributed by atoms with Gasteiger partial charge in [0.2, 0.25) is 0 Å². The van der Waals surface area contributed by atoms with Crippen LogP contribution in [-0.4, -0.2) is 18.4 Å². The summed E-state index contributed by atoms with van der Waals surface area (Å²) in [4.78, 5) is 13.0. The zero-order chi connectivity index (χ0) is 17.5. The van der Waals surface area contributed by atoms with E-state index in [1.54, 1.807) is 11.3 Å². The fourth-order valence-corrected chi connectivity index (χ4v) is 3.58. The lowest BCUT2D eigenvalue weighted by atomic mass is 10.1. The van der Waals surface area contributed by atoms with Crippen molar-refractivity contribution in [2.45, 2.75) is 77.2 Å². The number of carbonyl (C=O) groups is 1. The number of thiol groups is 1. The van der Waals surface area contributed by atoms with Crippen molar-refractivity contribution in [3.8, 4) is 0 Å². The van der Waals surface area contributed by atoms with Crippen LogP contribution in [0.5, 0.6) is 0 Å².